The summed E-state index contributed by atoms with van der Waals surface area (Å²) in [5.41, 5.74) is 0. The second kappa shape index (κ2) is 61.0. The van der Waals surface area contributed by atoms with E-state index in [4.69, 9.17) is 37.0 Å². The molecule has 528 valence electrons. The fraction of sp³-hybridized carbons (Fsp3) is 0.943. The molecule has 6 atom stereocenters. The van der Waals surface area contributed by atoms with Crippen LogP contribution in [0.25, 0.3) is 0 Å². The largest absolute Gasteiger partial charge is 0.472 e. The van der Waals surface area contributed by atoms with Crippen molar-refractivity contribution in [3.63, 3.8) is 0 Å². The summed E-state index contributed by atoms with van der Waals surface area (Å²) in [6.45, 7) is 11.8. The highest BCUT2D eigenvalue weighted by Crippen LogP contribution is 2.45. The summed E-state index contributed by atoms with van der Waals surface area (Å²) in [4.78, 5) is 72.5. The Bertz CT molecular complexity index is 1750. The predicted molar refractivity (Wildman–Crippen MR) is 358 cm³/mol. The van der Waals surface area contributed by atoms with Crippen molar-refractivity contribution in [2.45, 2.75) is 369 Å². The van der Waals surface area contributed by atoms with E-state index in [-0.39, 0.29) is 25.7 Å². The van der Waals surface area contributed by atoms with Gasteiger partial charge in [0.1, 0.15) is 19.3 Å². The number of ether oxygens (including phenoxy) is 4. The third kappa shape index (κ3) is 63.2. The van der Waals surface area contributed by atoms with Gasteiger partial charge in [0.2, 0.25) is 0 Å². The lowest BCUT2D eigenvalue weighted by atomic mass is 9.99. The van der Waals surface area contributed by atoms with Gasteiger partial charge in [-0.05, 0) is 43.4 Å². The normalized spacial score (nSPS) is 14.5. The highest BCUT2D eigenvalue weighted by Gasteiger charge is 2.30. The molecule has 0 spiro atoms. The highest BCUT2D eigenvalue weighted by atomic mass is 31.2. The topological polar surface area (TPSA) is 237 Å². The fourth-order valence-electron chi connectivity index (χ4n) is 10.5. The van der Waals surface area contributed by atoms with Crippen LogP contribution in [-0.4, -0.2) is 96.7 Å². The van der Waals surface area contributed by atoms with Crippen molar-refractivity contribution in [1.82, 2.24) is 0 Å². The van der Waals surface area contributed by atoms with E-state index in [2.05, 4.69) is 48.5 Å². The first-order chi connectivity index (χ1) is 42.8. The first-order valence-corrected chi connectivity index (χ1v) is 39.4. The second-order valence-corrected chi connectivity index (χ2v) is 29.4. The zero-order chi connectivity index (χ0) is 65.9. The summed E-state index contributed by atoms with van der Waals surface area (Å²) < 4.78 is 68.3. The van der Waals surface area contributed by atoms with Crippen LogP contribution in [0.3, 0.4) is 0 Å². The number of aliphatic hydroxyl groups excluding tert-OH is 1. The van der Waals surface area contributed by atoms with E-state index in [0.29, 0.717) is 25.7 Å². The van der Waals surface area contributed by atoms with E-state index in [0.717, 1.165) is 108 Å². The lowest BCUT2D eigenvalue weighted by molar-refractivity contribution is -0.161. The van der Waals surface area contributed by atoms with E-state index in [1.165, 1.54) is 161 Å². The molecule has 17 nitrogen and oxygen atoms in total. The van der Waals surface area contributed by atoms with Gasteiger partial charge in [0.05, 0.1) is 26.4 Å². The first-order valence-electron chi connectivity index (χ1n) is 36.4. The van der Waals surface area contributed by atoms with Crippen LogP contribution >= 0.6 is 15.6 Å². The molecule has 0 aliphatic heterocycles. The number of esters is 4. The van der Waals surface area contributed by atoms with E-state index < -0.39 is 97.5 Å². The quantitative estimate of drug-likeness (QED) is 0.0222. The molecular formula is C70H136O17P2. The van der Waals surface area contributed by atoms with Crippen molar-refractivity contribution in [2.75, 3.05) is 39.6 Å². The van der Waals surface area contributed by atoms with Gasteiger partial charge in [-0.25, -0.2) is 9.13 Å². The lowest BCUT2D eigenvalue weighted by Crippen LogP contribution is -2.30. The van der Waals surface area contributed by atoms with Crippen LogP contribution in [0.1, 0.15) is 350 Å². The molecule has 0 aliphatic carbocycles. The smallest absolute Gasteiger partial charge is 0.462 e. The average molecular weight is 1310 g/mol. The SMILES string of the molecule is CCCCCCCCCCCCC(=O)OC[C@H](COP(=O)(O)OC[C@H](O)COP(=O)(O)OC[C@@H](COC(=O)CCCCCCCCCCCCC(C)C)OC(=O)CCCCCCCCCCCCC(C)CC)OC(=O)CCCCCCCCCCCC(C)C. The second-order valence-electron chi connectivity index (χ2n) is 26.5. The Morgan fingerprint density at radius 2 is 0.573 bits per heavy atom. The maximum atomic E-state index is 13.0. The van der Waals surface area contributed by atoms with Crippen LogP contribution in [0.2, 0.25) is 0 Å². The Labute approximate surface area is 543 Å². The monoisotopic (exact) mass is 1310 g/mol. The number of carbonyl (C=O) groups excluding carboxylic acids is 4. The van der Waals surface area contributed by atoms with Gasteiger partial charge in [0.25, 0.3) is 0 Å². The van der Waals surface area contributed by atoms with Gasteiger partial charge >= 0.3 is 39.5 Å². The number of phosphoric ester groups is 2. The molecule has 0 aliphatic rings. The summed E-state index contributed by atoms with van der Waals surface area (Å²) in [7, 11) is -9.90. The molecule has 0 radical (unpaired) electrons. The predicted octanol–water partition coefficient (Wildman–Crippen LogP) is 19.8. The van der Waals surface area contributed by atoms with E-state index >= 15 is 0 Å². The van der Waals surface area contributed by atoms with Crippen molar-refractivity contribution in [3.8, 4) is 0 Å². The van der Waals surface area contributed by atoms with Crippen LogP contribution in [0, 0.1) is 17.8 Å². The third-order valence-corrected chi connectivity index (χ3v) is 18.4. The number of phosphoric acid groups is 2. The number of hydrogen-bond donors (Lipinski definition) is 3. The van der Waals surface area contributed by atoms with Gasteiger partial charge in [0, 0.05) is 25.7 Å². The average Bonchev–Trinajstić information content (AvgIpc) is 3.52. The van der Waals surface area contributed by atoms with Crippen molar-refractivity contribution < 1.29 is 80.2 Å². The molecule has 0 rings (SSSR count). The van der Waals surface area contributed by atoms with Crippen molar-refractivity contribution in [2.24, 2.45) is 17.8 Å². The molecule has 0 aromatic heterocycles. The van der Waals surface area contributed by atoms with Gasteiger partial charge in [-0.3, -0.25) is 37.3 Å². The van der Waals surface area contributed by atoms with Gasteiger partial charge in [-0.15, -0.1) is 0 Å². The summed E-state index contributed by atoms with van der Waals surface area (Å²) in [6, 6.07) is 0. The number of carbonyl (C=O) groups is 4. The van der Waals surface area contributed by atoms with Gasteiger partial charge in [0.15, 0.2) is 12.2 Å². The number of aliphatic hydroxyl groups is 1. The standard InChI is InChI=1S/C70H136O17P2/c1-8-10-11-12-13-14-23-30-37-44-51-67(72)80-57-66(87-70(75)54-47-40-33-26-19-21-28-35-42-49-62(5)6)60-85-89(78,79)83-56-64(71)55-82-88(76,77)84-59-65(58-81-68(73)52-45-38-31-24-17-15-20-27-34-41-48-61(3)4)86-69(74)53-46-39-32-25-18-16-22-29-36-43-50-63(7)9-2/h61-66,71H,8-60H2,1-7H3,(H,76,77)(H,78,79)/t63?,64-,65-,66-/m1/s1. The number of hydrogen-bond acceptors (Lipinski definition) is 15. The zero-order valence-corrected chi connectivity index (χ0v) is 59.7. The Hall–Kier alpha value is -1.94. The Morgan fingerprint density at radius 1 is 0.326 bits per heavy atom. The zero-order valence-electron chi connectivity index (χ0n) is 57.9. The minimum absolute atomic E-state index is 0.105. The molecular weight excluding hydrogens is 1170 g/mol. The van der Waals surface area contributed by atoms with Crippen molar-refractivity contribution >= 4 is 39.5 Å². The molecule has 0 saturated carbocycles. The van der Waals surface area contributed by atoms with Gasteiger partial charge in [-0.1, -0.05) is 299 Å². The Balaban J connectivity index is 5.26. The van der Waals surface area contributed by atoms with Crippen molar-refractivity contribution in [1.29, 1.82) is 0 Å². The molecule has 89 heavy (non-hydrogen) atoms. The molecule has 0 amide bonds. The number of unbranched alkanes of at least 4 members (excludes halogenated alkanes) is 35. The Kier molecular flexibility index (Phi) is 59.6. The van der Waals surface area contributed by atoms with Crippen molar-refractivity contribution in [3.05, 3.63) is 0 Å². The molecule has 0 bridgehead atoms. The van der Waals surface area contributed by atoms with E-state index in [1.807, 2.05) is 0 Å². The summed E-state index contributed by atoms with van der Waals surface area (Å²) in [5.74, 6) is 0.172. The van der Waals surface area contributed by atoms with Crippen LogP contribution in [0.15, 0.2) is 0 Å². The third-order valence-electron chi connectivity index (χ3n) is 16.5. The summed E-state index contributed by atoms with van der Waals surface area (Å²) >= 11 is 0. The number of rotatable bonds is 68. The minimum Gasteiger partial charge on any atom is -0.462 e. The molecule has 0 aromatic carbocycles. The highest BCUT2D eigenvalue weighted by molar-refractivity contribution is 7.47. The fourth-order valence-corrected chi connectivity index (χ4v) is 12.1. The first kappa shape index (κ1) is 87.1. The molecule has 3 unspecified atom stereocenters. The van der Waals surface area contributed by atoms with Crippen LogP contribution < -0.4 is 0 Å². The van der Waals surface area contributed by atoms with E-state index in [1.54, 1.807) is 0 Å². The molecule has 0 aromatic rings. The van der Waals surface area contributed by atoms with Gasteiger partial charge < -0.3 is 33.8 Å². The van der Waals surface area contributed by atoms with Crippen LogP contribution in [-0.2, 0) is 65.4 Å². The lowest BCUT2D eigenvalue weighted by Gasteiger charge is -2.21. The Morgan fingerprint density at radius 3 is 0.854 bits per heavy atom. The minimum atomic E-state index is -4.95. The molecule has 0 saturated heterocycles. The maximum Gasteiger partial charge on any atom is 0.472 e. The van der Waals surface area contributed by atoms with Crippen LogP contribution in [0.5, 0.6) is 0 Å². The molecule has 3 N–H and O–H groups in total. The van der Waals surface area contributed by atoms with Gasteiger partial charge in [-0.2, -0.15) is 0 Å². The molecule has 19 heteroatoms. The molecule has 0 heterocycles. The summed E-state index contributed by atoms with van der Waals surface area (Å²) in [6.07, 6.45) is 44.3. The van der Waals surface area contributed by atoms with E-state index in [9.17, 15) is 43.2 Å². The maximum absolute atomic E-state index is 13.0. The molecule has 0 fully saturated rings. The van der Waals surface area contributed by atoms with Crippen LogP contribution in [0.4, 0.5) is 0 Å². The summed E-state index contributed by atoms with van der Waals surface area (Å²) in [5, 5.41) is 10.6.